The summed E-state index contributed by atoms with van der Waals surface area (Å²) in [4.78, 5) is 22.9. The lowest BCUT2D eigenvalue weighted by molar-refractivity contribution is -0.134. The number of benzene rings is 1. The molecule has 0 saturated carbocycles. The van der Waals surface area contributed by atoms with Gasteiger partial charge in [0.25, 0.3) is 0 Å². The van der Waals surface area contributed by atoms with Crippen LogP contribution in [-0.4, -0.2) is 65.5 Å². The molecule has 0 aliphatic carbocycles. The SMILES string of the molecule is CCN(CC)CCNCCSc1ccccc1.O=C(O)C=CC(=O)O. The van der Waals surface area contributed by atoms with E-state index in [1.807, 2.05) is 11.8 Å². The van der Waals surface area contributed by atoms with E-state index in [1.165, 1.54) is 4.90 Å². The number of carboxylic acid groups (broad SMARTS) is 2. The quantitative estimate of drug-likeness (QED) is 0.314. The minimum Gasteiger partial charge on any atom is -0.478 e. The van der Waals surface area contributed by atoms with E-state index in [2.05, 4.69) is 54.4 Å². The molecule has 0 fully saturated rings. The van der Waals surface area contributed by atoms with Crippen LogP contribution >= 0.6 is 11.8 Å². The zero-order valence-electron chi connectivity index (χ0n) is 14.9. The lowest BCUT2D eigenvalue weighted by Crippen LogP contribution is -2.32. The molecule has 0 heterocycles. The van der Waals surface area contributed by atoms with Crippen molar-refractivity contribution in [2.45, 2.75) is 18.7 Å². The Hall–Kier alpha value is -1.83. The molecule has 3 N–H and O–H groups in total. The maximum absolute atomic E-state index is 9.55. The van der Waals surface area contributed by atoms with Crippen molar-refractivity contribution >= 4 is 23.7 Å². The summed E-state index contributed by atoms with van der Waals surface area (Å²) in [5.74, 6) is -1.37. The summed E-state index contributed by atoms with van der Waals surface area (Å²) in [5.41, 5.74) is 0. The molecule has 6 nitrogen and oxygen atoms in total. The number of nitrogens with one attached hydrogen (secondary N) is 1. The first-order chi connectivity index (χ1) is 12.0. The Bertz CT molecular complexity index is 489. The highest BCUT2D eigenvalue weighted by Crippen LogP contribution is 2.15. The van der Waals surface area contributed by atoms with E-state index in [0.29, 0.717) is 12.2 Å². The number of carbonyl (C=O) groups is 2. The van der Waals surface area contributed by atoms with Crippen molar-refractivity contribution in [2.24, 2.45) is 0 Å². The molecular formula is C18H28N2O4S. The third-order valence-electron chi connectivity index (χ3n) is 3.16. The summed E-state index contributed by atoms with van der Waals surface area (Å²) < 4.78 is 0. The predicted molar refractivity (Wildman–Crippen MR) is 102 cm³/mol. The molecule has 1 aromatic carbocycles. The Morgan fingerprint density at radius 2 is 1.60 bits per heavy atom. The van der Waals surface area contributed by atoms with Crippen LogP contribution in [0.4, 0.5) is 0 Å². The van der Waals surface area contributed by atoms with Gasteiger partial charge in [0.1, 0.15) is 0 Å². The lowest BCUT2D eigenvalue weighted by Gasteiger charge is -2.17. The van der Waals surface area contributed by atoms with Crippen LogP contribution < -0.4 is 5.32 Å². The van der Waals surface area contributed by atoms with Crippen LogP contribution in [0, 0.1) is 0 Å². The van der Waals surface area contributed by atoms with Crippen molar-refractivity contribution in [3.63, 3.8) is 0 Å². The molecule has 0 unspecified atom stereocenters. The first-order valence-corrected chi connectivity index (χ1v) is 9.23. The average Bonchev–Trinajstić information content (AvgIpc) is 2.61. The van der Waals surface area contributed by atoms with Gasteiger partial charge in [0.2, 0.25) is 0 Å². The van der Waals surface area contributed by atoms with E-state index in [1.54, 1.807) is 0 Å². The van der Waals surface area contributed by atoms with Crippen molar-refractivity contribution in [2.75, 3.05) is 38.5 Å². The summed E-state index contributed by atoms with van der Waals surface area (Å²) in [5, 5.41) is 19.1. The molecule has 0 aromatic heterocycles. The molecule has 0 saturated heterocycles. The molecule has 7 heteroatoms. The molecule has 140 valence electrons. The largest absolute Gasteiger partial charge is 0.478 e. The Labute approximate surface area is 153 Å². The van der Waals surface area contributed by atoms with Crippen LogP contribution in [0.25, 0.3) is 0 Å². The van der Waals surface area contributed by atoms with E-state index in [-0.39, 0.29) is 0 Å². The van der Waals surface area contributed by atoms with Gasteiger partial charge in [-0.05, 0) is 25.2 Å². The number of hydrogen-bond acceptors (Lipinski definition) is 5. The van der Waals surface area contributed by atoms with E-state index in [9.17, 15) is 9.59 Å². The van der Waals surface area contributed by atoms with Crippen molar-refractivity contribution in [1.82, 2.24) is 10.2 Å². The second-order valence-corrected chi connectivity index (χ2v) is 6.12. The van der Waals surface area contributed by atoms with Gasteiger partial charge < -0.3 is 20.4 Å². The highest BCUT2D eigenvalue weighted by atomic mass is 32.2. The van der Waals surface area contributed by atoms with Crippen LogP contribution in [-0.2, 0) is 9.59 Å². The minimum absolute atomic E-state index is 0.558. The van der Waals surface area contributed by atoms with Crippen LogP contribution in [0.5, 0.6) is 0 Å². The molecular weight excluding hydrogens is 340 g/mol. The number of aliphatic carboxylic acids is 2. The highest BCUT2D eigenvalue weighted by molar-refractivity contribution is 7.99. The van der Waals surface area contributed by atoms with Gasteiger partial charge in [-0.25, -0.2) is 9.59 Å². The third-order valence-corrected chi connectivity index (χ3v) is 4.17. The zero-order valence-corrected chi connectivity index (χ0v) is 15.7. The Kier molecular flexibility index (Phi) is 14.5. The average molecular weight is 368 g/mol. The number of hydrogen-bond donors (Lipinski definition) is 3. The van der Waals surface area contributed by atoms with E-state index in [0.717, 1.165) is 38.5 Å². The Morgan fingerprint density at radius 1 is 1.04 bits per heavy atom. The summed E-state index contributed by atoms with van der Waals surface area (Å²) in [7, 11) is 0. The molecule has 25 heavy (non-hydrogen) atoms. The van der Waals surface area contributed by atoms with Gasteiger partial charge in [-0.2, -0.15) is 0 Å². The van der Waals surface area contributed by atoms with Crippen molar-refractivity contribution in [3.8, 4) is 0 Å². The Balaban J connectivity index is 0.000000609. The molecule has 1 rings (SSSR count). The number of rotatable bonds is 11. The number of likely N-dealkylation sites (N-methyl/N-ethyl adjacent to an activating group) is 1. The van der Waals surface area contributed by atoms with Gasteiger partial charge in [0, 0.05) is 42.4 Å². The molecule has 1 aromatic rings. The third kappa shape index (κ3) is 15.4. The monoisotopic (exact) mass is 368 g/mol. The van der Waals surface area contributed by atoms with Crippen molar-refractivity contribution in [3.05, 3.63) is 42.5 Å². The molecule has 0 aliphatic heterocycles. The molecule has 0 bridgehead atoms. The van der Waals surface area contributed by atoms with Crippen LogP contribution in [0.15, 0.2) is 47.4 Å². The van der Waals surface area contributed by atoms with Gasteiger partial charge in [-0.15, -0.1) is 11.8 Å². The summed E-state index contributed by atoms with van der Waals surface area (Å²) in [6, 6.07) is 10.6. The van der Waals surface area contributed by atoms with Crippen molar-refractivity contribution in [1.29, 1.82) is 0 Å². The second-order valence-electron chi connectivity index (χ2n) is 4.95. The minimum atomic E-state index is -1.26. The number of nitrogens with zero attached hydrogens (tertiary/aromatic N) is 1. The maximum Gasteiger partial charge on any atom is 0.328 e. The highest BCUT2D eigenvalue weighted by Gasteiger charge is 1.97. The summed E-state index contributed by atoms with van der Waals surface area (Å²) in [6.45, 7) is 10.1. The topological polar surface area (TPSA) is 89.9 Å². The van der Waals surface area contributed by atoms with E-state index >= 15 is 0 Å². The van der Waals surface area contributed by atoms with Gasteiger partial charge >= 0.3 is 11.9 Å². The zero-order chi connectivity index (χ0) is 18.9. The molecule has 0 radical (unpaired) electrons. The number of carboxylic acids is 2. The lowest BCUT2D eigenvalue weighted by atomic mass is 10.4. The van der Waals surface area contributed by atoms with Gasteiger partial charge in [0.15, 0.2) is 0 Å². The predicted octanol–water partition coefficient (Wildman–Crippen LogP) is 2.42. The smallest absolute Gasteiger partial charge is 0.328 e. The standard InChI is InChI=1S/C14H24N2S.C4H4O4/c1-3-16(4-2)12-10-15-11-13-17-14-8-6-5-7-9-14;5-3(6)1-2-4(7)8/h5-9,15H,3-4,10-13H2,1-2H3;1-2H,(H,5,6)(H,7,8). The molecule has 0 aliphatic rings. The molecule has 0 atom stereocenters. The fraction of sp³-hybridized carbons (Fsp3) is 0.444. The fourth-order valence-electron chi connectivity index (χ4n) is 1.80. The van der Waals surface area contributed by atoms with Gasteiger partial charge in [-0.3, -0.25) is 0 Å². The maximum atomic E-state index is 9.55. The van der Waals surface area contributed by atoms with E-state index < -0.39 is 11.9 Å². The van der Waals surface area contributed by atoms with Gasteiger partial charge in [-0.1, -0.05) is 32.0 Å². The summed E-state index contributed by atoms with van der Waals surface area (Å²) >= 11 is 1.91. The van der Waals surface area contributed by atoms with Crippen LogP contribution in [0.1, 0.15) is 13.8 Å². The van der Waals surface area contributed by atoms with Crippen LogP contribution in [0.3, 0.4) is 0 Å². The van der Waals surface area contributed by atoms with Crippen LogP contribution in [0.2, 0.25) is 0 Å². The van der Waals surface area contributed by atoms with Gasteiger partial charge in [0.05, 0.1) is 0 Å². The normalized spacial score (nSPS) is 10.5. The first kappa shape index (κ1) is 23.2. The second kappa shape index (κ2) is 15.7. The fourth-order valence-corrected chi connectivity index (χ4v) is 2.63. The number of thioether (sulfide) groups is 1. The summed E-state index contributed by atoms with van der Waals surface area (Å²) in [6.07, 6.45) is 1.12. The molecule has 0 amide bonds. The van der Waals surface area contributed by atoms with E-state index in [4.69, 9.17) is 10.2 Å². The Morgan fingerprint density at radius 3 is 2.08 bits per heavy atom. The van der Waals surface area contributed by atoms with Crippen molar-refractivity contribution < 1.29 is 19.8 Å². The first-order valence-electron chi connectivity index (χ1n) is 8.24. The molecule has 0 spiro atoms.